The molecule has 0 aromatic carbocycles. The summed E-state index contributed by atoms with van der Waals surface area (Å²) in [4.78, 5) is 23.0. The minimum atomic E-state index is 0.302. The Morgan fingerprint density at radius 3 is 2.25 bits per heavy atom. The van der Waals surface area contributed by atoms with Crippen LogP contribution in [0.5, 0.6) is 0 Å². The Kier molecular flexibility index (Phi) is 1.67. The zero-order valence-corrected chi connectivity index (χ0v) is 7.08. The lowest BCUT2D eigenvalue weighted by Crippen LogP contribution is -2.46. The number of carbonyl (C=O) groups is 2. The summed E-state index contributed by atoms with van der Waals surface area (Å²) in [5, 5.41) is 0. The summed E-state index contributed by atoms with van der Waals surface area (Å²) >= 11 is 0. The van der Waals surface area contributed by atoms with Crippen molar-refractivity contribution in [3.8, 4) is 0 Å². The van der Waals surface area contributed by atoms with E-state index in [4.69, 9.17) is 0 Å². The summed E-state index contributed by atoms with van der Waals surface area (Å²) in [6.45, 7) is 1.69. The number of Topliss-reactive ketones (excluding diaryl/α,β-unsaturated/α-hetero) is 1. The second kappa shape index (κ2) is 2.57. The lowest BCUT2D eigenvalue weighted by atomic mass is 9.62. The van der Waals surface area contributed by atoms with Crippen LogP contribution in [0.1, 0.15) is 25.7 Å². The quantitative estimate of drug-likeness (QED) is 0.536. The fraction of sp³-hybridized carbons (Fsp3) is 0.778. The van der Waals surface area contributed by atoms with Gasteiger partial charge in [-0.05, 0) is 18.3 Å². The molecule has 1 aliphatic carbocycles. The van der Waals surface area contributed by atoms with Gasteiger partial charge < -0.3 is 4.90 Å². The normalized spacial score (nSPS) is 27.0. The van der Waals surface area contributed by atoms with Gasteiger partial charge >= 0.3 is 0 Å². The zero-order chi connectivity index (χ0) is 8.60. The second-order valence-electron chi connectivity index (χ2n) is 4.03. The minimum Gasteiger partial charge on any atom is -0.345 e. The Balaban J connectivity index is 1.90. The molecule has 1 heterocycles. The molecule has 1 saturated heterocycles. The first kappa shape index (κ1) is 7.77. The fourth-order valence-corrected chi connectivity index (χ4v) is 2.24. The third kappa shape index (κ3) is 1.13. The summed E-state index contributed by atoms with van der Waals surface area (Å²) in [5.74, 6) is 0.398. The van der Waals surface area contributed by atoms with Gasteiger partial charge in [0.2, 0.25) is 6.41 Å². The van der Waals surface area contributed by atoms with E-state index in [1.807, 2.05) is 0 Å². The van der Waals surface area contributed by atoms with Crippen LogP contribution < -0.4 is 0 Å². The fourth-order valence-electron chi connectivity index (χ4n) is 2.24. The number of nitrogens with zero attached hydrogens (tertiary/aromatic N) is 1. The number of ketones is 1. The first-order valence-electron chi connectivity index (χ1n) is 4.45. The van der Waals surface area contributed by atoms with Crippen molar-refractivity contribution in [2.24, 2.45) is 5.41 Å². The topological polar surface area (TPSA) is 37.4 Å². The Morgan fingerprint density at radius 2 is 1.83 bits per heavy atom. The van der Waals surface area contributed by atoms with Gasteiger partial charge in [-0.2, -0.15) is 0 Å². The van der Waals surface area contributed by atoms with Crippen LogP contribution in [0.15, 0.2) is 0 Å². The smallest absolute Gasteiger partial charge is 0.209 e. The molecule has 1 spiro atoms. The van der Waals surface area contributed by atoms with Gasteiger partial charge in [-0.1, -0.05) is 0 Å². The van der Waals surface area contributed by atoms with Crippen LogP contribution in [0, 0.1) is 5.41 Å². The summed E-state index contributed by atoms with van der Waals surface area (Å²) in [6.07, 6.45) is 4.49. The molecular weight excluding hydrogens is 154 g/mol. The van der Waals surface area contributed by atoms with Crippen LogP contribution in [0.3, 0.4) is 0 Å². The number of amides is 1. The van der Waals surface area contributed by atoms with E-state index in [-0.39, 0.29) is 0 Å². The molecule has 1 aliphatic heterocycles. The average molecular weight is 167 g/mol. The van der Waals surface area contributed by atoms with Crippen molar-refractivity contribution in [3.05, 3.63) is 0 Å². The van der Waals surface area contributed by atoms with Crippen LogP contribution in [-0.2, 0) is 9.59 Å². The van der Waals surface area contributed by atoms with Crippen molar-refractivity contribution in [2.75, 3.05) is 13.1 Å². The van der Waals surface area contributed by atoms with E-state index in [2.05, 4.69) is 0 Å². The molecule has 2 fully saturated rings. The van der Waals surface area contributed by atoms with Crippen LogP contribution in [0.25, 0.3) is 0 Å². The van der Waals surface area contributed by atoms with Gasteiger partial charge in [-0.3, -0.25) is 9.59 Å². The third-order valence-corrected chi connectivity index (χ3v) is 3.15. The van der Waals surface area contributed by atoms with E-state index in [0.29, 0.717) is 11.2 Å². The van der Waals surface area contributed by atoms with E-state index in [0.717, 1.165) is 45.2 Å². The second-order valence-corrected chi connectivity index (χ2v) is 4.03. The molecule has 0 N–H and O–H groups in total. The van der Waals surface area contributed by atoms with Crippen molar-refractivity contribution in [3.63, 3.8) is 0 Å². The molecule has 3 nitrogen and oxygen atoms in total. The highest BCUT2D eigenvalue weighted by atomic mass is 16.1. The van der Waals surface area contributed by atoms with Gasteiger partial charge in [0.05, 0.1) is 0 Å². The predicted molar refractivity (Wildman–Crippen MR) is 43.5 cm³/mol. The molecule has 0 radical (unpaired) electrons. The molecule has 3 heteroatoms. The number of likely N-dealkylation sites (tertiary alicyclic amines) is 1. The Hall–Kier alpha value is -0.860. The molecule has 0 aromatic rings. The maximum atomic E-state index is 10.8. The molecule has 1 saturated carbocycles. The highest BCUT2D eigenvalue weighted by Gasteiger charge is 2.44. The highest BCUT2D eigenvalue weighted by Crippen LogP contribution is 2.46. The minimum absolute atomic E-state index is 0.302. The lowest BCUT2D eigenvalue weighted by Gasteiger charge is -2.45. The Labute approximate surface area is 71.7 Å². The predicted octanol–water partition coefficient (Wildman–Crippen LogP) is 0.588. The number of rotatable bonds is 1. The summed E-state index contributed by atoms with van der Waals surface area (Å²) in [7, 11) is 0. The van der Waals surface area contributed by atoms with Crippen LogP contribution >= 0.6 is 0 Å². The largest absolute Gasteiger partial charge is 0.345 e. The molecule has 12 heavy (non-hydrogen) atoms. The van der Waals surface area contributed by atoms with Gasteiger partial charge in [-0.15, -0.1) is 0 Å². The SMILES string of the molecule is O=CN1CCC2(CC1)CC(=O)C2. The number of hydrogen-bond acceptors (Lipinski definition) is 2. The van der Waals surface area contributed by atoms with Crippen molar-refractivity contribution >= 4 is 12.2 Å². The molecule has 0 atom stereocenters. The van der Waals surface area contributed by atoms with Gasteiger partial charge in [-0.25, -0.2) is 0 Å². The molecule has 1 amide bonds. The van der Waals surface area contributed by atoms with Crippen molar-refractivity contribution < 1.29 is 9.59 Å². The van der Waals surface area contributed by atoms with Gasteiger partial charge in [0.1, 0.15) is 5.78 Å². The molecule has 2 rings (SSSR count). The number of piperidine rings is 1. The first-order valence-corrected chi connectivity index (χ1v) is 4.45. The maximum absolute atomic E-state index is 10.8. The van der Waals surface area contributed by atoms with Crippen LogP contribution in [0.4, 0.5) is 0 Å². The molecule has 66 valence electrons. The van der Waals surface area contributed by atoms with E-state index < -0.39 is 0 Å². The highest BCUT2D eigenvalue weighted by molar-refractivity contribution is 5.86. The molecular formula is C9H13NO2. The monoisotopic (exact) mass is 167 g/mol. The van der Waals surface area contributed by atoms with Crippen LogP contribution in [-0.4, -0.2) is 30.2 Å². The Morgan fingerprint density at radius 1 is 1.25 bits per heavy atom. The third-order valence-electron chi connectivity index (χ3n) is 3.15. The molecule has 0 unspecified atom stereocenters. The van der Waals surface area contributed by atoms with Crippen molar-refractivity contribution in [1.29, 1.82) is 0 Å². The van der Waals surface area contributed by atoms with Gasteiger partial charge in [0.15, 0.2) is 0 Å². The number of carbonyl (C=O) groups excluding carboxylic acids is 2. The van der Waals surface area contributed by atoms with E-state index in [9.17, 15) is 9.59 Å². The lowest BCUT2D eigenvalue weighted by molar-refractivity contribution is -0.136. The molecule has 0 aromatic heterocycles. The zero-order valence-electron chi connectivity index (χ0n) is 7.08. The Bertz CT molecular complexity index is 207. The number of hydrogen-bond donors (Lipinski definition) is 0. The van der Waals surface area contributed by atoms with Crippen LogP contribution in [0.2, 0.25) is 0 Å². The average Bonchev–Trinajstić information content (AvgIpc) is 2.04. The van der Waals surface area contributed by atoms with E-state index >= 15 is 0 Å². The van der Waals surface area contributed by atoms with Crippen molar-refractivity contribution in [1.82, 2.24) is 4.90 Å². The maximum Gasteiger partial charge on any atom is 0.209 e. The molecule has 0 bridgehead atoms. The van der Waals surface area contributed by atoms with Crippen molar-refractivity contribution in [2.45, 2.75) is 25.7 Å². The summed E-state index contributed by atoms with van der Waals surface area (Å²) < 4.78 is 0. The summed E-state index contributed by atoms with van der Waals surface area (Å²) in [6, 6.07) is 0. The van der Waals surface area contributed by atoms with E-state index in [1.54, 1.807) is 4.90 Å². The molecule has 2 aliphatic rings. The summed E-state index contributed by atoms with van der Waals surface area (Å²) in [5.41, 5.74) is 0.302. The van der Waals surface area contributed by atoms with Gasteiger partial charge in [0, 0.05) is 25.9 Å². The van der Waals surface area contributed by atoms with E-state index in [1.165, 1.54) is 0 Å². The first-order chi connectivity index (χ1) is 5.74. The van der Waals surface area contributed by atoms with Gasteiger partial charge in [0.25, 0.3) is 0 Å². The standard InChI is InChI=1S/C9H13NO2/c11-7-10-3-1-9(2-4-10)5-8(12)6-9/h7H,1-6H2.